The highest BCUT2D eigenvalue weighted by molar-refractivity contribution is 5.91. The standard InChI is InChI=1S/C15H14N2O/c18-15(10-9-13-6-2-1-3-7-13)17-12-14-8-4-5-11-16-14/h1-11H,12H2,(H,17,18)/b10-9+. The number of amides is 1. The Kier molecular flexibility index (Phi) is 4.25. The van der Waals surface area contributed by atoms with Crippen molar-refractivity contribution >= 4 is 12.0 Å². The molecule has 1 amide bonds. The van der Waals surface area contributed by atoms with Crippen LogP contribution in [0.15, 0.2) is 60.8 Å². The number of carbonyl (C=O) groups excluding carboxylic acids is 1. The predicted molar refractivity (Wildman–Crippen MR) is 71.6 cm³/mol. The van der Waals surface area contributed by atoms with Crippen LogP contribution in [0.4, 0.5) is 0 Å². The third kappa shape index (κ3) is 3.87. The maximum absolute atomic E-state index is 11.6. The first-order chi connectivity index (χ1) is 8.84. The summed E-state index contributed by atoms with van der Waals surface area (Å²) in [5.74, 6) is -0.121. The van der Waals surface area contributed by atoms with E-state index in [9.17, 15) is 4.79 Å². The average Bonchev–Trinajstić information content (AvgIpc) is 2.45. The van der Waals surface area contributed by atoms with E-state index in [1.807, 2.05) is 48.5 Å². The molecule has 3 nitrogen and oxygen atoms in total. The molecule has 1 N–H and O–H groups in total. The Morgan fingerprint density at radius 2 is 1.89 bits per heavy atom. The van der Waals surface area contributed by atoms with Gasteiger partial charge < -0.3 is 5.32 Å². The van der Waals surface area contributed by atoms with Crippen molar-refractivity contribution in [2.24, 2.45) is 0 Å². The molecule has 90 valence electrons. The van der Waals surface area contributed by atoms with Crippen molar-refractivity contribution in [1.82, 2.24) is 10.3 Å². The Bertz CT molecular complexity index is 521. The third-order valence-corrected chi connectivity index (χ3v) is 2.40. The van der Waals surface area contributed by atoms with E-state index in [4.69, 9.17) is 0 Å². The summed E-state index contributed by atoms with van der Waals surface area (Å²) >= 11 is 0. The average molecular weight is 238 g/mol. The number of benzene rings is 1. The van der Waals surface area contributed by atoms with Crippen molar-refractivity contribution in [2.45, 2.75) is 6.54 Å². The van der Waals surface area contributed by atoms with E-state index in [1.165, 1.54) is 6.08 Å². The predicted octanol–water partition coefficient (Wildman–Crippen LogP) is 2.41. The summed E-state index contributed by atoms with van der Waals surface area (Å²) in [6.07, 6.45) is 5.02. The lowest BCUT2D eigenvalue weighted by Gasteiger charge is -2.00. The minimum atomic E-state index is -0.121. The Morgan fingerprint density at radius 3 is 2.61 bits per heavy atom. The molecule has 0 saturated heterocycles. The first kappa shape index (κ1) is 12.0. The van der Waals surface area contributed by atoms with Crippen LogP contribution < -0.4 is 5.32 Å². The second-order valence-electron chi connectivity index (χ2n) is 3.78. The van der Waals surface area contributed by atoms with Crippen LogP contribution in [0.25, 0.3) is 6.08 Å². The largest absolute Gasteiger partial charge is 0.347 e. The maximum atomic E-state index is 11.6. The molecule has 0 spiro atoms. The molecule has 3 heteroatoms. The van der Waals surface area contributed by atoms with Gasteiger partial charge in [-0.2, -0.15) is 0 Å². The van der Waals surface area contributed by atoms with Crippen LogP contribution in [0.1, 0.15) is 11.3 Å². The quantitative estimate of drug-likeness (QED) is 0.831. The lowest BCUT2D eigenvalue weighted by molar-refractivity contribution is -0.116. The van der Waals surface area contributed by atoms with E-state index in [1.54, 1.807) is 12.3 Å². The molecule has 0 fully saturated rings. The summed E-state index contributed by atoms with van der Waals surface area (Å²) in [4.78, 5) is 15.7. The summed E-state index contributed by atoms with van der Waals surface area (Å²) in [7, 11) is 0. The van der Waals surface area contributed by atoms with Gasteiger partial charge >= 0.3 is 0 Å². The van der Waals surface area contributed by atoms with Crippen LogP contribution in [0.3, 0.4) is 0 Å². The second kappa shape index (κ2) is 6.35. The number of hydrogen-bond acceptors (Lipinski definition) is 2. The number of aromatic nitrogens is 1. The summed E-state index contributed by atoms with van der Waals surface area (Å²) in [6, 6.07) is 15.3. The van der Waals surface area contributed by atoms with E-state index in [0.717, 1.165) is 11.3 Å². The van der Waals surface area contributed by atoms with Gasteiger partial charge in [-0.25, -0.2) is 0 Å². The number of pyridine rings is 1. The maximum Gasteiger partial charge on any atom is 0.244 e. The van der Waals surface area contributed by atoms with Crippen molar-refractivity contribution in [3.8, 4) is 0 Å². The van der Waals surface area contributed by atoms with Crippen molar-refractivity contribution in [3.63, 3.8) is 0 Å². The molecular weight excluding hydrogens is 224 g/mol. The minimum absolute atomic E-state index is 0.121. The molecule has 2 aromatic rings. The van der Waals surface area contributed by atoms with Crippen LogP contribution in [0, 0.1) is 0 Å². The van der Waals surface area contributed by atoms with E-state index in [-0.39, 0.29) is 5.91 Å². The van der Waals surface area contributed by atoms with Gasteiger partial charge in [0.1, 0.15) is 0 Å². The molecular formula is C15H14N2O. The molecule has 0 bridgehead atoms. The number of carbonyl (C=O) groups is 1. The lowest BCUT2D eigenvalue weighted by Crippen LogP contribution is -2.20. The zero-order valence-electron chi connectivity index (χ0n) is 9.91. The molecule has 0 aliphatic carbocycles. The highest BCUT2D eigenvalue weighted by Gasteiger charge is 1.96. The second-order valence-corrected chi connectivity index (χ2v) is 3.78. The summed E-state index contributed by atoms with van der Waals surface area (Å²) < 4.78 is 0. The fourth-order valence-corrected chi connectivity index (χ4v) is 1.48. The Morgan fingerprint density at radius 1 is 1.11 bits per heavy atom. The number of hydrogen-bond donors (Lipinski definition) is 1. The van der Waals surface area contributed by atoms with Crippen molar-refractivity contribution in [2.75, 3.05) is 0 Å². The lowest BCUT2D eigenvalue weighted by atomic mass is 10.2. The van der Waals surface area contributed by atoms with Crippen LogP contribution >= 0.6 is 0 Å². The van der Waals surface area contributed by atoms with Crippen LogP contribution in [-0.2, 0) is 11.3 Å². The molecule has 1 aromatic carbocycles. The van der Waals surface area contributed by atoms with Gasteiger partial charge in [0.05, 0.1) is 12.2 Å². The van der Waals surface area contributed by atoms with E-state index in [0.29, 0.717) is 6.54 Å². The van der Waals surface area contributed by atoms with Crippen molar-refractivity contribution in [1.29, 1.82) is 0 Å². The normalized spacial score (nSPS) is 10.4. The zero-order chi connectivity index (χ0) is 12.6. The number of nitrogens with zero attached hydrogens (tertiary/aromatic N) is 1. The van der Waals surface area contributed by atoms with Gasteiger partial charge in [0.25, 0.3) is 0 Å². The van der Waals surface area contributed by atoms with E-state index >= 15 is 0 Å². The van der Waals surface area contributed by atoms with E-state index < -0.39 is 0 Å². The summed E-state index contributed by atoms with van der Waals surface area (Å²) in [5, 5.41) is 2.78. The van der Waals surface area contributed by atoms with Gasteiger partial charge in [0.15, 0.2) is 0 Å². The van der Waals surface area contributed by atoms with Gasteiger partial charge in [-0.3, -0.25) is 9.78 Å². The summed E-state index contributed by atoms with van der Waals surface area (Å²) in [5.41, 5.74) is 1.85. The molecule has 0 radical (unpaired) electrons. The molecule has 0 unspecified atom stereocenters. The SMILES string of the molecule is O=C(/C=C/c1ccccc1)NCc1ccccn1. The minimum Gasteiger partial charge on any atom is -0.347 e. The topological polar surface area (TPSA) is 42.0 Å². The van der Waals surface area contributed by atoms with Gasteiger partial charge in [-0.1, -0.05) is 36.4 Å². The Balaban J connectivity index is 1.84. The van der Waals surface area contributed by atoms with Gasteiger partial charge in [-0.05, 0) is 23.8 Å². The number of rotatable bonds is 4. The highest BCUT2D eigenvalue weighted by atomic mass is 16.1. The van der Waals surface area contributed by atoms with Crippen LogP contribution in [0.5, 0.6) is 0 Å². The fourth-order valence-electron chi connectivity index (χ4n) is 1.48. The Labute approximate surface area is 106 Å². The molecule has 0 saturated carbocycles. The molecule has 0 aliphatic rings. The van der Waals surface area contributed by atoms with Crippen LogP contribution in [-0.4, -0.2) is 10.9 Å². The molecule has 0 atom stereocenters. The van der Waals surface area contributed by atoms with Crippen molar-refractivity contribution < 1.29 is 4.79 Å². The van der Waals surface area contributed by atoms with Crippen molar-refractivity contribution in [3.05, 3.63) is 72.1 Å². The van der Waals surface area contributed by atoms with Gasteiger partial charge in [-0.15, -0.1) is 0 Å². The molecule has 18 heavy (non-hydrogen) atoms. The van der Waals surface area contributed by atoms with Crippen LogP contribution in [0.2, 0.25) is 0 Å². The monoisotopic (exact) mass is 238 g/mol. The smallest absolute Gasteiger partial charge is 0.244 e. The zero-order valence-corrected chi connectivity index (χ0v) is 9.91. The first-order valence-electron chi connectivity index (χ1n) is 5.75. The number of nitrogens with one attached hydrogen (secondary N) is 1. The molecule has 1 aromatic heterocycles. The molecule has 1 heterocycles. The third-order valence-electron chi connectivity index (χ3n) is 2.40. The van der Waals surface area contributed by atoms with Gasteiger partial charge in [0, 0.05) is 12.3 Å². The Hall–Kier alpha value is -2.42. The van der Waals surface area contributed by atoms with E-state index in [2.05, 4.69) is 10.3 Å². The summed E-state index contributed by atoms with van der Waals surface area (Å²) in [6.45, 7) is 0.443. The first-order valence-corrected chi connectivity index (χ1v) is 5.75. The molecule has 0 aliphatic heterocycles. The highest BCUT2D eigenvalue weighted by Crippen LogP contribution is 2.00. The molecule has 2 rings (SSSR count). The fraction of sp³-hybridized carbons (Fsp3) is 0.0667. The van der Waals surface area contributed by atoms with Gasteiger partial charge in [0.2, 0.25) is 5.91 Å².